The minimum Gasteiger partial charge on any atom is -0.363 e. The maximum absolute atomic E-state index is 13.3. The van der Waals surface area contributed by atoms with E-state index in [1.165, 1.54) is 23.7 Å². The highest BCUT2D eigenvalue weighted by Gasteiger charge is 2.12. The number of nitrogens with zero attached hydrogens (tertiary/aromatic N) is 2. The van der Waals surface area contributed by atoms with E-state index in [1.807, 2.05) is 18.4 Å². The van der Waals surface area contributed by atoms with Crippen molar-refractivity contribution in [2.45, 2.75) is 13.0 Å². The zero-order chi connectivity index (χ0) is 14.1. The van der Waals surface area contributed by atoms with E-state index in [0.717, 1.165) is 16.3 Å². The number of fused-ring (bicyclic) bond motifs is 1. The van der Waals surface area contributed by atoms with E-state index in [-0.39, 0.29) is 6.04 Å². The molecule has 0 unspecified atom stereocenters. The third-order valence-corrected chi connectivity index (χ3v) is 3.88. The summed E-state index contributed by atoms with van der Waals surface area (Å²) in [5.41, 5.74) is 0.658. The SMILES string of the molecule is C[C@@H](Nc1ncnc2sccc12)c1ccc(F)c(F)c1. The second-order valence-electron chi connectivity index (χ2n) is 4.40. The van der Waals surface area contributed by atoms with E-state index in [4.69, 9.17) is 0 Å². The van der Waals surface area contributed by atoms with Crippen molar-refractivity contribution in [1.29, 1.82) is 0 Å². The molecule has 0 amide bonds. The number of nitrogens with one attached hydrogen (secondary N) is 1. The topological polar surface area (TPSA) is 37.8 Å². The van der Waals surface area contributed by atoms with Gasteiger partial charge in [0.25, 0.3) is 0 Å². The van der Waals surface area contributed by atoms with Crippen LogP contribution in [0.25, 0.3) is 10.2 Å². The van der Waals surface area contributed by atoms with E-state index in [0.29, 0.717) is 11.4 Å². The quantitative estimate of drug-likeness (QED) is 0.788. The minimum absolute atomic E-state index is 0.192. The Labute approximate surface area is 118 Å². The molecule has 0 aliphatic heterocycles. The summed E-state index contributed by atoms with van der Waals surface area (Å²) in [6.07, 6.45) is 1.49. The van der Waals surface area contributed by atoms with Gasteiger partial charge in [0.05, 0.1) is 11.4 Å². The van der Waals surface area contributed by atoms with Gasteiger partial charge in [0.1, 0.15) is 17.0 Å². The summed E-state index contributed by atoms with van der Waals surface area (Å²) in [6.45, 7) is 1.87. The molecule has 2 aromatic heterocycles. The van der Waals surface area contributed by atoms with E-state index < -0.39 is 11.6 Å². The van der Waals surface area contributed by atoms with Crippen molar-refractivity contribution >= 4 is 27.4 Å². The number of rotatable bonds is 3. The van der Waals surface area contributed by atoms with Gasteiger partial charge in [0.15, 0.2) is 11.6 Å². The van der Waals surface area contributed by atoms with Crippen LogP contribution in [0.1, 0.15) is 18.5 Å². The largest absolute Gasteiger partial charge is 0.363 e. The average Bonchev–Trinajstić information content (AvgIpc) is 2.91. The summed E-state index contributed by atoms with van der Waals surface area (Å²) in [4.78, 5) is 9.26. The van der Waals surface area contributed by atoms with Gasteiger partial charge in [-0.2, -0.15) is 0 Å². The van der Waals surface area contributed by atoms with E-state index in [9.17, 15) is 8.78 Å². The number of thiophene rings is 1. The van der Waals surface area contributed by atoms with Gasteiger partial charge in [0, 0.05) is 0 Å². The first-order valence-corrected chi connectivity index (χ1v) is 6.93. The molecule has 1 aromatic carbocycles. The van der Waals surface area contributed by atoms with Crippen LogP contribution in [-0.2, 0) is 0 Å². The van der Waals surface area contributed by atoms with Crippen molar-refractivity contribution in [1.82, 2.24) is 9.97 Å². The second-order valence-corrected chi connectivity index (χ2v) is 5.30. The predicted octanol–water partition coefficient (Wildman–Crippen LogP) is 4.14. The van der Waals surface area contributed by atoms with Gasteiger partial charge in [-0.05, 0) is 36.1 Å². The molecule has 20 heavy (non-hydrogen) atoms. The second kappa shape index (κ2) is 5.13. The van der Waals surface area contributed by atoms with Crippen molar-refractivity contribution < 1.29 is 8.78 Å². The van der Waals surface area contributed by atoms with Crippen molar-refractivity contribution in [3.63, 3.8) is 0 Å². The Morgan fingerprint density at radius 3 is 2.80 bits per heavy atom. The fraction of sp³-hybridized carbons (Fsp3) is 0.143. The van der Waals surface area contributed by atoms with Gasteiger partial charge in [-0.1, -0.05) is 6.07 Å². The lowest BCUT2D eigenvalue weighted by atomic mass is 10.1. The molecule has 0 radical (unpaired) electrons. The zero-order valence-electron chi connectivity index (χ0n) is 10.6. The van der Waals surface area contributed by atoms with Crippen LogP contribution in [0.2, 0.25) is 0 Å². The first kappa shape index (κ1) is 12.9. The van der Waals surface area contributed by atoms with Crippen LogP contribution >= 0.6 is 11.3 Å². The Morgan fingerprint density at radius 1 is 1.15 bits per heavy atom. The van der Waals surface area contributed by atoms with Crippen LogP contribution < -0.4 is 5.32 Å². The highest BCUT2D eigenvalue weighted by molar-refractivity contribution is 7.16. The number of benzene rings is 1. The van der Waals surface area contributed by atoms with Crippen LogP contribution in [0.3, 0.4) is 0 Å². The number of aromatic nitrogens is 2. The van der Waals surface area contributed by atoms with Crippen molar-refractivity contribution in [2.75, 3.05) is 5.32 Å². The summed E-state index contributed by atoms with van der Waals surface area (Å²) >= 11 is 1.53. The molecule has 0 saturated heterocycles. The van der Waals surface area contributed by atoms with E-state index in [2.05, 4.69) is 15.3 Å². The standard InChI is InChI=1S/C14H11F2N3S/c1-8(9-2-3-11(15)12(16)6-9)19-13-10-4-5-20-14(10)18-7-17-13/h2-8H,1H3,(H,17,18,19)/t8-/m1/s1. The smallest absolute Gasteiger partial charge is 0.159 e. The Hall–Kier alpha value is -2.08. The highest BCUT2D eigenvalue weighted by Crippen LogP contribution is 2.27. The van der Waals surface area contributed by atoms with Gasteiger partial charge in [-0.3, -0.25) is 0 Å². The first-order valence-electron chi connectivity index (χ1n) is 6.05. The molecular weight excluding hydrogens is 280 g/mol. The van der Waals surface area contributed by atoms with Crippen LogP contribution in [0.5, 0.6) is 0 Å². The molecule has 1 atom stereocenters. The van der Waals surface area contributed by atoms with Crippen LogP contribution in [0.4, 0.5) is 14.6 Å². The fourth-order valence-electron chi connectivity index (χ4n) is 1.98. The lowest BCUT2D eigenvalue weighted by Gasteiger charge is -2.15. The summed E-state index contributed by atoms with van der Waals surface area (Å²) in [5.74, 6) is -1.00. The van der Waals surface area contributed by atoms with Crippen molar-refractivity contribution in [2.24, 2.45) is 0 Å². The summed E-state index contributed by atoms with van der Waals surface area (Å²) < 4.78 is 26.2. The summed E-state index contributed by atoms with van der Waals surface area (Å²) in [7, 11) is 0. The zero-order valence-corrected chi connectivity index (χ0v) is 11.4. The Morgan fingerprint density at radius 2 is 2.00 bits per heavy atom. The van der Waals surface area contributed by atoms with Crippen LogP contribution in [-0.4, -0.2) is 9.97 Å². The first-order chi connectivity index (χ1) is 9.65. The number of anilines is 1. The molecule has 0 aliphatic rings. The van der Waals surface area contributed by atoms with Gasteiger partial charge in [0.2, 0.25) is 0 Å². The summed E-state index contributed by atoms with van der Waals surface area (Å²) in [6, 6.07) is 5.62. The molecule has 0 spiro atoms. The maximum Gasteiger partial charge on any atom is 0.159 e. The lowest BCUT2D eigenvalue weighted by Crippen LogP contribution is -2.09. The van der Waals surface area contributed by atoms with Gasteiger partial charge >= 0.3 is 0 Å². The maximum atomic E-state index is 13.3. The van der Waals surface area contributed by atoms with Crippen molar-refractivity contribution in [3.8, 4) is 0 Å². The molecular formula is C14H11F2N3S. The molecule has 3 rings (SSSR count). The number of hydrogen-bond acceptors (Lipinski definition) is 4. The molecule has 0 aliphatic carbocycles. The highest BCUT2D eigenvalue weighted by atomic mass is 32.1. The minimum atomic E-state index is -0.848. The Balaban J connectivity index is 1.90. The molecule has 1 N–H and O–H groups in total. The molecule has 6 heteroatoms. The molecule has 0 saturated carbocycles. The fourth-order valence-corrected chi connectivity index (χ4v) is 2.71. The lowest BCUT2D eigenvalue weighted by molar-refractivity contribution is 0.506. The van der Waals surface area contributed by atoms with E-state index in [1.54, 1.807) is 6.07 Å². The molecule has 3 aromatic rings. The average molecular weight is 291 g/mol. The molecule has 0 bridgehead atoms. The Bertz CT molecular complexity index is 757. The molecule has 2 heterocycles. The monoisotopic (exact) mass is 291 g/mol. The van der Waals surface area contributed by atoms with Gasteiger partial charge < -0.3 is 5.32 Å². The van der Waals surface area contributed by atoms with E-state index >= 15 is 0 Å². The molecule has 102 valence electrons. The number of halogens is 2. The Kier molecular flexibility index (Phi) is 3.31. The van der Waals surface area contributed by atoms with Gasteiger partial charge in [-0.25, -0.2) is 18.7 Å². The van der Waals surface area contributed by atoms with Crippen molar-refractivity contribution in [3.05, 3.63) is 53.2 Å². The third-order valence-electron chi connectivity index (χ3n) is 3.06. The van der Waals surface area contributed by atoms with Crippen LogP contribution in [0, 0.1) is 11.6 Å². The normalized spacial score (nSPS) is 12.6. The summed E-state index contributed by atoms with van der Waals surface area (Å²) in [5, 5.41) is 6.06. The molecule has 3 nitrogen and oxygen atoms in total. The predicted molar refractivity (Wildman–Crippen MR) is 75.8 cm³/mol. The third kappa shape index (κ3) is 2.34. The van der Waals surface area contributed by atoms with Crippen LogP contribution in [0.15, 0.2) is 36.0 Å². The number of hydrogen-bond donors (Lipinski definition) is 1. The molecule has 0 fully saturated rings. The van der Waals surface area contributed by atoms with Gasteiger partial charge in [-0.15, -0.1) is 11.3 Å².